The fourth-order valence-electron chi connectivity index (χ4n) is 2.29. The van der Waals surface area contributed by atoms with Crippen molar-refractivity contribution >= 4 is 11.8 Å². The third-order valence-corrected chi connectivity index (χ3v) is 4.67. The molecule has 2 saturated heterocycles. The number of hydrogen-bond acceptors (Lipinski definition) is 7. The second-order valence-electron chi connectivity index (χ2n) is 4.92. The van der Waals surface area contributed by atoms with Gasteiger partial charge in [0.2, 0.25) is 11.7 Å². The first-order valence-electron chi connectivity index (χ1n) is 6.21. The molecule has 7 heteroatoms. The average molecular weight is 270 g/mol. The Kier molecular flexibility index (Phi) is 3.56. The van der Waals surface area contributed by atoms with E-state index in [9.17, 15) is 0 Å². The maximum absolute atomic E-state index is 6.03. The number of morpholine rings is 1. The van der Waals surface area contributed by atoms with Crippen LogP contribution in [0, 0.1) is 0 Å². The van der Waals surface area contributed by atoms with Crippen molar-refractivity contribution in [3.8, 4) is 0 Å². The first-order valence-corrected chi connectivity index (χ1v) is 7.36. The van der Waals surface area contributed by atoms with Gasteiger partial charge >= 0.3 is 0 Å². The first kappa shape index (κ1) is 12.4. The topological polar surface area (TPSA) is 77.4 Å². The van der Waals surface area contributed by atoms with Gasteiger partial charge in [0.25, 0.3) is 0 Å². The Hall–Kier alpha value is -0.630. The van der Waals surface area contributed by atoms with Crippen LogP contribution in [-0.2, 0) is 4.74 Å². The molecular formula is C11H18N4O2S. The molecule has 0 amide bonds. The number of rotatable bonds is 2. The van der Waals surface area contributed by atoms with Gasteiger partial charge in [-0.2, -0.15) is 16.7 Å². The van der Waals surface area contributed by atoms with E-state index >= 15 is 0 Å². The molecule has 2 N–H and O–H groups in total. The molecule has 0 saturated carbocycles. The number of thioether (sulfide) groups is 1. The lowest BCUT2D eigenvalue weighted by Crippen LogP contribution is -2.35. The minimum Gasteiger partial charge on any atom is -0.367 e. The molecule has 18 heavy (non-hydrogen) atoms. The van der Waals surface area contributed by atoms with Gasteiger partial charge < -0.3 is 19.9 Å². The molecule has 0 spiro atoms. The van der Waals surface area contributed by atoms with Gasteiger partial charge in [-0.15, -0.1) is 0 Å². The minimum absolute atomic E-state index is 0.0773. The van der Waals surface area contributed by atoms with Crippen molar-refractivity contribution in [1.82, 2.24) is 15.0 Å². The van der Waals surface area contributed by atoms with Crippen LogP contribution in [0.4, 0.5) is 0 Å². The van der Waals surface area contributed by atoms with Crippen LogP contribution >= 0.6 is 11.8 Å². The van der Waals surface area contributed by atoms with Gasteiger partial charge in [-0.1, -0.05) is 5.16 Å². The highest BCUT2D eigenvalue weighted by molar-refractivity contribution is 7.99. The van der Waals surface area contributed by atoms with Crippen molar-refractivity contribution in [2.45, 2.75) is 18.1 Å². The highest BCUT2D eigenvalue weighted by Gasteiger charge is 2.32. The maximum atomic E-state index is 6.03. The lowest BCUT2D eigenvalue weighted by molar-refractivity contribution is -0.0264. The van der Waals surface area contributed by atoms with Crippen molar-refractivity contribution in [3.63, 3.8) is 0 Å². The molecular weight excluding hydrogens is 252 g/mol. The van der Waals surface area contributed by atoms with E-state index in [1.165, 1.54) is 0 Å². The van der Waals surface area contributed by atoms with E-state index in [-0.39, 0.29) is 18.1 Å². The lowest BCUT2D eigenvalue weighted by atomic mass is 10.1. The summed E-state index contributed by atoms with van der Waals surface area (Å²) in [6, 6.07) is 0.123. The third kappa shape index (κ3) is 2.40. The molecule has 3 unspecified atom stereocenters. The molecule has 0 aliphatic carbocycles. The Morgan fingerprint density at radius 3 is 3.06 bits per heavy atom. The molecule has 1 aromatic heterocycles. The zero-order valence-electron chi connectivity index (χ0n) is 10.4. The molecule has 3 atom stereocenters. The Bertz CT molecular complexity index is 414. The monoisotopic (exact) mass is 270 g/mol. The van der Waals surface area contributed by atoms with E-state index in [0.29, 0.717) is 18.3 Å². The Labute approximate surface area is 110 Å². The molecule has 3 rings (SSSR count). The van der Waals surface area contributed by atoms with Gasteiger partial charge in [0.15, 0.2) is 0 Å². The second kappa shape index (κ2) is 5.16. The van der Waals surface area contributed by atoms with Gasteiger partial charge in [-0.3, -0.25) is 0 Å². The van der Waals surface area contributed by atoms with Crippen molar-refractivity contribution in [2.75, 3.05) is 38.2 Å². The Balaban J connectivity index is 1.72. The van der Waals surface area contributed by atoms with E-state index in [1.54, 1.807) is 0 Å². The molecule has 2 aliphatic rings. The summed E-state index contributed by atoms with van der Waals surface area (Å²) < 4.78 is 11.0. The summed E-state index contributed by atoms with van der Waals surface area (Å²) in [6.07, 6.45) is -0.0773. The van der Waals surface area contributed by atoms with Crippen LogP contribution in [0.5, 0.6) is 0 Å². The van der Waals surface area contributed by atoms with Crippen LogP contribution in [0.3, 0.4) is 0 Å². The molecule has 0 bridgehead atoms. The first-order chi connectivity index (χ1) is 8.74. The third-order valence-electron chi connectivity index (χ3n) is 3.46. The van der Waals surface area contributed by atoms with Gasteiger partial charge in [-0.25, -0.2) is 0 Å². The van der Waals surface area contributed by atoms with Crippen LogP contribution in [0.15, 0.2) is 4.52 Å². The molecule has 2 fully saturated rings. The van der Waals surface area contributed by atoms with Crippen LogP contribution < -0.4 is 5.73 Å². The fraction of sp³-hybridized carbons (Fsp3) is 0.818. The smallest absolute Gasteiger partial charge is 0.232 e. The largest absolute Gasteiger partial charge is 0.367 e. The molecule has 2 aliphatic heterocycles. The fourth-order valence-corrected chi connectivity index (χ4v) is 3.57. The predicted octanol–water partition coefficient (Wildman–Crippen LogP) is 0.230. The Morgan fingerprint density at radius 2 is 2.33 bits per heavy atom. The Morgan fingerprint density at radius 1 is 1.44 bits per heavy atom. The van der Waals surface area contributed by atoms with Crippen LogP contribution in [0.25, 0.3) is 0 Å². The van der Waals surface area contributed by atoms with E-state index in [1.807, 2.05) is 11.8 Å². The summed E-state index contributed by atoms with van der Waals surface area (Å²) >= 11 is 1.84. The van der Waals surface area contributed by atoms with Crippen molar-refractivity contribution < 1.29 is 9.26 Å². The van der Waals surface area contributed by atoms with Gasteiger partial charge in [0.05, 0.1) is 12.5 Å². The van der Waals surface area contributed by atoms with Crippen molar-refractivity contribution in [1.29, 1.82) is 0 Å². The minimum atomic E-state index is -0.0773. The lowest BCUT2D eigenvalue weighted by Gasteiger charge is -2.27. The van der Waals surface area contributed by atoms with Crippen LogP contribution in [-0.4, -0.2) is 59.3 Å². The number of ether oxygens (including phenoxy) is 1. The SMILES string of the molecule is CN1CCOC(c2noc(C3CSCC3N)n2)C1. The summed E-state index contributed by atoms with van der Waals surface area (Å²) in [5.74, 6) is 3.44. The van der Waals surface area contributed by atoms with Crippen molar-refractivity contribution in [2.24, 2.45) is 5.73 Å². The highest BCUT2D eigenvalue weighted by Crippen LogP contribution is 2.31. The number of hydrogen-bond donors (Lipinski definition) is 1. The number of likely N-dealkylation sites (N-methyl/N-ethyl adjacent to an activating group) is 1. The molecule has 6 nitrogen and oxygen atoms in total. The zero-order valence-corrected chi connectivity index (χ0v) is 11.2. The van der Waals surface area contributed by atoms with Crippen molar-refractivity contribution in [3.05, 3.63) is 11.7 Å². The molecule has 0 aromatic carbocycles. The molecule has 1 aromatic rings. The van der Waals surface area contributed by atoms with E-state index < -0.39 is 0 Å². The number of aromatic nitrogens is 2. The van der Waals surface area contributed by atoms with E-state index in [0.717, 1.165) is 24.6 Å². The van der Waals surface area contributed by atoms with Crippen LogP contribution in [0.1, 0.15) is 23.7 Å². The summed E-state index contributed by atoms with van der Waals surface area (Å²) in [4.78, 5) is 6.69. The standard InChI is InChI=1S/C11H18N4O2S/c1-15-2-3-16-9(4-15)10-13-11(17-14-10)7-5-18-6-8(7)12/h7-9H,2-6,12H2,1H3. The van der Waals surface area contributed by atoms with Gasteiger partial charge in [-0.05, 0) is 7.05 Å². The van der Waals surface area contributed by atoms with Gasteiger partial charge in [0, 0.05) is 30.6 Å². The van der Waals surface area contributed by atoms with E-state index in [4.69, 9.17) is 15.0 Å². The summed E-state index contributed by atoms with van der Waals surface area (Å²) in [5, 5.41) is 4.05. The molecule has 100 valence electrons. The summed E-state index contributed by atoms with van der Waals surface area (Å²) in [5.41, 5.74) is 6.03. The highest BCUT2D eigenvalue weighted by atomic mass is 32.2. The quantitative estimate of drug-likeness (QED) is 0.824. The number of nitrogens with zero attached hydrogens (tertiary/aromatic N) is 3. The molecule has 3 heterocycles. The van der Waals surface area contributed by atoms with Crippen LogP contribution in [0.2, 0.25) is 0 Å². The normalized spacial score (nSPS) is 34.0. The predicted molar refractivity (Wildman–Crippen MR) is 68.5 cm³/mol. The second-order valence-corrected chi connectivity index (χ2v) is 6.00. The average Bonchev–Trinajstić information content (AvgIpc) is 2.97. The summed E-state index contributed by atoms with van der Waals surface area (Å²) in [6.45, 7) is 2.47. The zero-order chi connectivity index (χ0) is 12.5. The maximum Gasteiger partial charge on any atom is 0.232 e. The number of nitrogens with two attached hydrogens (primary N) is 1. The molecule has 0 radical (unpaired) electrons. The van der Waals surface area contributed by atoms with E-state index in [2.05, 4.69) is 22.1 Å². The van der Waals surface area contributed by atoms with Gasteiger partial charge in [0.1, 0.15) is 6.10 Å². The summed E-state index contributed by atoms with van der Waals surface area (Å²) in [7, 11) is 2.07.